The minimum Gasteiger partial charge on any atom is -0.478 e. The van der Waals surface area contributed by atoms with Gasteiger partial charge < -0.3 is 19.3 Å². The van der Waals surface area contributed by atoms with Crippen LogP contribution in [-0.2, 0) is 0 Å². The second-order valence-corrected chi connectivity index (χ2v) is 9.60. The molecule has 176 valence electrons. The number of aromatic carboxylic acids is 1. The fraction of sp³-hybridized carbons (Fsp3) is 0.370. The van der Waals surface area contributed by atoms with E-state index >= 15 is 0 Å². The molecule has 2 aromatic carbocycles. The number of carboxylic acid groups (broad SMARTS) is 1. The highest BCUT2D eigenvalue weighted by Gasteiger charge is 2.30. The average molecular weight is 460 g/mol. The van der Waals surface area contributed by atoms with E-state index in [-0.39, 0.29) is 22.0 Å². The van der Waals surface area contributed by atoms with Gasteiger partial charge in [-0.25, -0.2) is 4.79 Å². The summed E-state index contributed by atoms with van der Waals surface area (Å²) in [6, 6.07) is 12.5. The van der Waals surface area contributed by atoms with Gasteiger partial charge in [-0.15, -0.1) is 0 Å². The maximum absolute atomic E-state index is 13.5. The number of para-hydroxylation sites is 1. The molecule has 1 saturated heterocycles. The lowest BCUT2D eigenvalue weighted by atomic mass is 9.82. The van der Waals surface area contributed by atoms with E-state index in [1.54, 1.807) is 30.3 Å². The number of nitrogens with zero attached hydrogens (tertiary/aromatic N) is 3. The van der Waals surface area contributed by atoms with Crippen molar-refractivity contribution in [1.82, 2.24) is 0 Å². The zero-order valence-corrected chi connectivity index (χ0v) is 20.0. The average Bonchev–Trinajstić information content (AvgIpc) is 2.80. The number of benzene rings is 2. The van der Waals surface area contributed by atoms with Crippen LogP contribution in [0.25, 0.3) is 11.0 Å². The lowest BCUT2D eigenvalue weighted by Gasteiger charge is -2.37. The summed E-state index contributed by atoms with van der Waals surface area (Å²) in [5.74, 6) is -0.737. The Kier molecular flexibility index (Phi) is 6.09. The number of carbonyl (C=O) groups is 1. The first kappa shape index (κ1) is 23.4. The molecule has 4 rings (SSSR count). The van der Waals surface area contributed by atoms with Gasteiger partial charge in [0.05, 0.1) is 22.3 Å². The number of hydrogen-bond donors (Lipinski definition) is 1. The maximum Gasteiger partial charge on any atom is 0.337 e. The van der Waals surface area contributed by atoms with Gasteiger partial charge in [0.15, 0.2) is 11.1 Å². The molecule has 7 heteroatoms. The van der Waals surface area contributed by atoms with Crippen LogP contribution in [0.2, 0.25) is 0 Å². The minimum atomic E-state index is -1.03. The van der Waals surface area contributed by atoms with E-state index in [0.717, 1.165) is 18.4 Å². The zero-order valence-electron chi connectivity index (χ0n) is 20.0. The van der Waals surface area contributed by atoms with Crippen molar-refractivity contribution in [2.24, 2.45) is 5.41 Å². The third-order valence-electron chi connectivity index (χ3n) is 6.65. The summed E-state index contributed by atoms with van der Waals surface area (Å²) >= 11 is 0. The SMILES string of the molecule is CCN(c1ccccc1C(=O)O)c1cc(C)cc2c(=O)c(C#N)c(N3CCC(C)(C)CC3)oc12. The molecule has 1 aromatic heterocycles. The summed E-state index contributed by atoms with van der Waals surface area (Å²) in [7, 11) is 0. The predicted octanol–water partition coefficient (Wildman–Crippen LogP) is 5.46. The first-order chi connectivity index (χ1) is 16.2. The molecule has 0 spiro atoms. The van der Waals surface area contributed by atoms with Crippen molar-refractivity contribution in [2.45, 2.75) is 40.5 Å². The molecule has 0 unspecified atom stereocenters. The van der Waals surface area contributed by atoms with E-state index in [1.807, 2.05) is 29.7 Å². The number of piperidine rings is 1. The Morgan fingerprint density at radius 1 is 1.21 bits per heavy atom. The van der Waals surface area contributed by atoms with Gasteiger partial charge in [-0.1, -0.05) is 26.0 Å². The van der Waals surface area contributed by atoms with Gasteiger partial charge in [0.2, 0.25) is 11.3 Å². The monoisotopic (exact) mass is 459 g/mol. The fourth-order valence-corrected chi connectivity index (χ4v) is 4.61. The Labute approximate surface area is 198 Å². The molecular formula is C27H29N3O4. The number of carboxylic acids is 1. The summed E-state index contributed by atoms with van der Waals surface area (Å²) in [4.78, 5) is 29.2. The lowest BCUT2D eigenvalue weighted by Crippen LogP contribution is -2.38. The predicted molar refractivity (Wildman–Crippen MR) is 133 cm³/mol. The molecular weight excluding hydrogens is 430 g/mol. The zero-order chi connectivity index (χ0) is 24.6. The van der Waals surface area contributed by atoms with Gasteiger partial charge in [0.25, 0.3) is 0 Å². The van der Waals surface area contributed by atoms with Crippen LogP contribution in [-0.4, -0.2) is 30.7 Å². The van der Waals surface area contributed by atoms with E-state index in [9.17, 15) is 20.0 Å². The van der Waals surface area contributed by atoms with Crippen LogP contribution in [0, 0.1) is 23.7 Å². The van der Waals surface area contributed by atoms with E-state index in [0.29, 0.717) is 47.9 Å². The molecule has 1 N–H and O–H groups in total. The van der Waals surface area contributed by atoms with Gasteiger partial charge >= 0.3 is 5.97 Å². The molecule has 1 aliphatic heterocycles. The normalized spacial score (nSPS) is 15.2. The highest BCUT2D eigenvalue weighted by molar-refractivity contribution is 5.99. The van der Waals surface area contributed by atoms with Gasteiger partial charge in [-0.3, -0.25) is 4.79 Å². The molecule has 0 bridgehead atoms. The van der Waals surface area contributed by atoms with Crippen LogP contribution < -0.4 is 15.2 Å². The smallest absolute Gasteiger partial charge is 0.337 e. The molecule has 0 aliphatic carbocycles. The third kappa shape index (κ3) is 4.12. The molecule has 3 aromatic rings. The Morgan fingerprint density at radius 2 is 1.88 bits per heavy atom. The van der Waals surface area contributed by atoms with Crippen LogP contribution in [0.5, 0.6) is 0 Å². The number of fused-ring (bicyclic) bond motifs is 1. The molecule has 7 nitrogen and oxygen atoms in total. The Hall–Kier alpha value is -3.79. The van der Waals surface area contributed by atoms with Crippen LogP contribution >= 0.6 is 0 Å². The standard InChI is InChI=1S/C27H29N3O4/c1-5-30(21-9-7-6-8-18(21)26(32)33)22-15-17(2)14-19-23(31)20(16-28)25(34-24(19)22)29-12-10-27(3,4)11-13-29/h6-9,14-15H,5,10-13H2,1-4H3,(H,32,33). The Morgan fingerprint density at radius 3 is 2.50 bits per heavy atom. The van der Waals surface area contributed by atoms with Crippen molar-refractivity contribution >= 4 is 34.2 Å². The molecule has 2 heterocycles. The summed E-state index contributed by atoms with van der Waals surface area (Å²) in [6.07, 6.45) is 1.85. The number of rotatable bonds is 5. The van der Waals surface area contributed by atoms with Crippen molar-refractivity contribution in [3.8, 4) is 6.07 Å². The van der Waals surface area contributed by atoms with E-state index in [1.165, 1.54) is 0 Å². The highest BCUT2D eigenvalue weighted by atomic mass is 16.4. The molecule has 0 amide bonds. The number of nitriles is 1. The molecule has 1 aliphatic rings. The third-order valence-corrected chi connectivity index (χ3v) is 6.65. The second kappa shape index (κ2) is 8.86. The van der Waals surface area contributed by atoms with Crippen LogP contribution in [0.3, 0.4) is 0 Å². The van der Waals surface area contributed by atoms with E-state index in [2.05, 4.69) is 19.9 Å². The first-order valence-electron chi connectivity index (χ1n) is 11.5. The Balaban J connectivity index is 1.97. The summed E-state index contributed by atoms with van der Waals surface area (Å²) in [5.41, 5.74) is 2.29. The maximum atomic E-state index is 13.5. The largest absolute Gasteiger partial charge is 0.478 e. The van der Waals surface area contributed by atoms with Crippen molar-refractivity contribution in [3.05, 3.63) is 63.3 Å². The topological polar surface area (TPSA) is 97.8 Å². The van der Waals surface area contributed by atoms with Gasteiger partial charge in [0.1, 0.15) is 6.07 Å². The summed E-state index contributed by atoms with van der Waals surface area (Å²) < 4.78 is 6.38. The van der Waals surface area contributed by atoms with Gasteiger partial charge in [-0.2, -0.15) is 5.26 Å². The quantitative estimate of drug-likeness (QED) is 0.541. The van der Waals surface area contributed by atoms with Crippen LogP contribution in [0.1, 0.15) is 55.1 Å². The molecule has 34 heavy (non-hydrogen) atoms. The molecule has 0 atom stereocenters. The van der Waals surface area contributed by atoms with Gasteiger partial charge in [-0.05, 0) is 61.9 Å². The van der Waals surface area contributed by atoms with E-state index in [4.69, 9.17) is 4.42 Å². The van der Waals surface area contributed by atoms with Crippen LogP contribution in [0.15, 0.2) is 45.6 Å². The van der Waals surface area contributed by atoms with Crippen LogP contribution in [0.4, 0.5) is 17.3 Å². The van der Waals surface area contributed by atoms with Gasteiger partial charge in [0, 0.05) is 19.6 Å². The van der Waals surface area contributed by atoms with Crippen molar-refractivity contribution < 1.29 is 14.3 Å². The molecule has 0 saturated carbocycles. The number of aryl methyl sites for hydroxylation is 1. The molecule has 0 radical (unpaired) electrons. The second-order valence-electron chi connectivity index (χ2n) is 9.60. The lowest BCUT2D eigenvalue weighted by molar-refractivity contribution is 0.0697. The summed E-state index contributed by atoms with van der Waals surface area (Å²) in [6.45, 7) is 10.1. The number of hydrogen-bond acceptors (Lipinski definition) is 6. The minimum absolute atomic E-state index is 0.0118. The van der Waals surface area contributed by atoms with E-state index < -0.39 is 5.97 Å². The summed E-state index contributed by atoms with van der Waals surface area (Å²) in [5, 5.41) is 19.9. The Bertz CT molecular complexity index is 1360. The van der Waals surface area contributed by atoms with Crippen molar-refractivity contribution in [3.63, 3.8) is 0 Å². The number of anilines is 3. The van der Waals surface area contributed by atoms with Crippen molar-refractivity contribution in [2.75, 3.05) is 29.4 Å². The van der Waals surface area contributed by atoms with Crippen molar-refractivity contribution in [1.29, 1.82) is 5.26 Å². The fourth-order valence-electron chi connectivity index (χ4n) is 4.61. The molecule has 1 fully saturated rings. The first-order valence-corrected chi connectivity index (χ1v) is 11.5. The highest BCUT2D eigenvalue weighted by Crippen LogP contribution is 2.38.